The van der Waals surface area contributed by atoms with Crippen molar-refractivity contribution in [2.24, 2.45) is 0 Å². The van der Waals surface area contributed by atoms with Gasteiger partial charge in [-0.15, -0.1) is 11.3 Å². The summed E-state index contributed by atoms with van der Waals surface area (Å²) in [6, 6.07) is 15.3. The first kappa shape index (κ1) is 21.7. The predicted octanol–water partition coefficient (Wildman–Crippen LogP) is 5.30. The molecule has 0 radical (unpaired) electrons. The normalized spacial score (nSPS) is 23.0. The van der Waals surface area contributed by atoms with Crippen molar-refractivity contribution in [2.75, 3.05) is 6.54 Å². The van der Waals surface area contributed by atoms with Gasteiger partial charge >= 0.3 is 0 Å². The van der Waals surface area contributed by atoms with Crippen LogP contribution in [0.25, 0.3) is 0 Å². The Bertz CT molecular complexity index is 1470. The predicted molar refractivity (Wildman–Crippen MR) is 134 cm³/mol. The maximum absolute atomic E-state index is 9.48. The van der Waals surface area contributed by atoms with Crippen LogP contribution >= 0.6 is 23.6 Å². The maximum atomic E-state index is 9.48. The fraction of sp³-hybridized carbons (Fsp3) is 0.269. The Morgan fingerprint density at radius 2 is 1.77 bits per heavy atom. The van der Waals surface area contributed by atoms with E-state index >= 15 is 0 Å². The standard InChI is InChI=1S/C26H20N4O3S2/c1-25(2)26(13-29-24(34)30-25)10-17(21-4-3-7-35-21)16-5-6-18-23(22(16)33-26)32-20-9-15(12-28)14(11-27)8-19(20)31-18/h3-9,17H,10,13H2,1-2H3,(H2,29,30,34)/t17-,26-/m1/s1. The number of fused-ring (bicyclic) bond motifs is 4. The molecule has 1 aromatic heterocycles. The summed E-state index contributed by atoms with van der Waals surface area (Å²) in [5, 5.41) is 28.2. The van der Waals surface area contributed by atoms with Crippen molar-refractivity contribution in [3.63, 3.8) is 0 Å². The highest BCUT2D eigenvalue weighted by molar-refractivity contribution is 7.80. The van der Waals surface area contributed by atoms with Crippen molar-refractivity contribution < 1.29 is 14.2 Å². The minimum absolute atomic E-state index is 0.0826. The molecule has 0 aliphatic carbocycles. The van der Waals surface area contributed by atoms with Gasteiger partial charge in [-0.2, -0.15) is 10.5 Å². The van der Waals surface area contributed by atoms with Crippen molar-refractivity contribution in [3.8, 4) is 40.9 Å². The van der Waals surface area contributed by atoms with Gasteiger partial charge in [0, 0.05) is 34.9 Å². The van der Waals surface area contributed by atoms with Gasteiger partial charge in [0.25, 0.3) is 0 Å². The van der Waals surface area contributed by atoms with Gasteiger partial charge in [0.2, 0.25) is 5.75 Å². The second kappa shape index (κ2) is 7.61. The molecule has 6 rings (SSSR count). The van der Waals surface area contributed by atoms with Crippen LogP contribution in [-0.2, 0) is 0 Å². The van der Waals surface area contributed by atoms with E-state index in [4.69, 9.17) is 26.4 Å². The lowest BCUT2D eigenvalue weighted by atomic mass is 9.71. The quantitative estimate of drug-likeness (QED) is 0.340. The van der Waals surface area contributed by atoms with Gasteiger partial charge < -0.3 is 24.8 Å². The summed E-state index contributed by atoms with van der Waals surface area (Å²) in [6.07, 6.45) is 0.746. The molecule has 7 nitrogen and oxygen atoms in total. The molecule has 0 amide bonds. The van der Waals surface area contributed by atoms with Crippen LogP contribution in [0.5, 0.6) is 28.7 Å². The third-order valence-electron chi connectivity index (χ3n) is 7.06. The van der Waals surface area contributed by atoms with E-state index in [9.17, 15) is 10.5 Å². The summed E-state index contributed by atoms with van der Waals surface area (Å²) >= 11 is 7.12. The van der Waals surface area contributed by atoms with Crippen LogP contribution < -0.4 is 24.8 Å². The van der Waals surface area contributed by atoms with Gasteiger partial charge in [0.05, 0.1) is 23.2 Å². The smallest absolute Gasteiger partial charge is 0.212 e. The third kappa shape index (κ3) is 3.23. The lowest BCUT2D eigenvalue weighted by molar-refractivity contribution is -0.0327. The second-order valence-electron chi connectivity index (χ2n) is 9.38. The van der Waals surface area contributed by atoms with Gasteiger partial charge in [-0.25, -0.2) is 0 Å². The molecule has 2 N–H and O–H groups in total. The molecule has 9 heteroatoms. The summed E-state index contributed by atoms with van der Waals surface area (Å²) in [4.78, 5) is 1.24. The molecule has 174 valence electrons. The van der Waals surface area contributed by atoms with E-state index in [2.05, 4.69) is 48.1 Å². The van der Waals surface area contributed by atoms with Gasteiger partial charge in [0.15, 0.2) is 28.1 Å². The molecule has 1 spiro atoms. The van der Waals surface area contributed by atoms with E-state index in [1.54, 1.807) is 11.3 Å². The molecule has 4 heterocycles. The molecular weight excluding hydrogens is 480 g/mol. The average molecular weight is 501 g/mol. The number of nitrogens with one attached hydrogen (secondary N) is 2. The zero-order valence-corrected chi connectivity index (χ0v) is 20.6. The van der Waals surface area contributed by atoms with Crippen molar-refractivity contribution in [1.82, 2.24) is 10.6 Å². The Labute approximate surface area is 211 Å². The monoisotopic (exact) mass is 500 g/mol. The second-order valence-corrected chi connectivity index (χ2v) is 10.8. The van der Waals surface area contributed by atoms with Crippen molar-refractivity contribution in [2.45, 2.75) is 37.3 Å². The number of thiocarbonyl (C=S) groups is 1. The number of thiophene rings is 1. The molecular formula is C26H20N4O3S2. The number of hydrogen-bond donors (Lipinski definition) is 2. The number of rotatable bonds is 1. The number of ether oxygens (including phenoxy) is 3. The van der Waals surface area contributed by atoms with E-state index < -0.39 is 11.1 Å². The van der Waals surface area contributed by atoms with Crippen LogP contribution in [0.15, 0.2) is 41.8 Å². The SMILES string of the molecule is CC1(C)NC(=S)NC[C@]12C[C@@H](c1cccs1)c1ccc3c(c1O2)Oc1cc(C#N)c(C#N)cc1O3. The van der Waals surface area contributed by atoms with Crippen molar-refractivity contribution in [1.29, 1.82) is 10.5 Å². The summed E-state index contributed by atoms with van der Waals surface area (Å²) in [5.74, 6) is 2.42. The molecule has 3 aliphatic rings. The molecule has 35 heavy (non-hydrogen) atoms. The number of nitriles is 2. The fourth-order valence-electron chi connectivity index (χ4n) is 5.05. The largest absolute Gasteiger partial charge is 0.479 e. The van der Waals surface area contributed by atoms with Crippen LogP contribution in [0.2, 0.25) is 0 Å². The first-order valence-corrected chi connectivity index (χ1v) is 12.4. The number of hydrogen-bond acceptors (Lipinski definition) is 7. The van der Waals surface area contributed by atoms with E-state index in [-0.39, 0.29) is 17.0 Å². The van der Waals surface area contributed by atoms with Crippen LogP contribution in [0.1, 0.15) is 47.8 Å². The summed E-state index contributed by atoms with van der Waals surface area (Å²) < 4.78 is 19.3. The summed E-state index contributed by atoms with van der Waals surface area (Å²) in [7, 11) is 0. The molecule has 0 unspecified atom stereocenters. The van der Waals surface area contributed by atoms with E-state index in [0.717, 1.165) is 12.0 Å². The Hall–Kier alpha value is -3.79. The number of benzene rings is 2. The minimum atomic E-state index is -0.627. The Morgan fingerprint density at radius 3 is 2.43 bits per heavy atom. The summed E-state index contributed by atoms with van der Waals surface area (Å²) in [5.41, 5.74) is 0.391. The van der Waals surface area contributed by atoms with E-state index in [0.29, 0.717) is 40.4 Å². The highest BCUT2D eigenvalue weighted by atomic mass is 32.1. The van der Waals surface area contributed by atoms with Gasteiger partial charge in [-0.1, -0.05) is 12.1 Å². The lowest BCUT2D eigenvalue weighted by Gasteiger charge is -2.54. The minimum Gasteiger partial charge on any atom is -0.479 e. The molecule has 0 bridgehead atoms. The summed E-state index contributed by atoms with van der Waals surface area (Å²) in [6.45, 7) is 4.74. The Balaban J connectivity index is 1.51. The Kier molecular flexibility index (Phi) is 4.72. The third-order valence-corrected chi connectivity index (χ3v) is 8.29. The molecule has 2 aromatic carbocycles. The first-order chi connectivity index (χ1) is 16.8. The van der Waals surface area contributed by atoms with Crippen LogP contribution in [0.4, 0.5) is 0 Å². The molecule has 0 saturated carbocycles. The average Bonchev–Trinajstić information content (AvgIpc) is 3.38. The van der Waals surface area contributed by atoms with Gasteiger partial charge in [0.1, 0.15) is 17.7 Å². The van der Waals surface area contributed by atoms with Gasteiger partial charge in [-0.05, 0) is 43.6 Å². The molecule has 3 aromatic rings. The maximum Gasteiger partial charge on any atom is 0.212 e. The highest BCUT2D eigenvalue weighted by Gasteiger charge is 2.55. The first-order valence-electron chi connectivity index (χ1n) is 11.1. The van der Waals surface area contributed by atoms with Crippen LogP contribution in [-0.4, -0.2) is 22.8 Å². The highest BCUT2D eigenvalue weighted by Crippen LogP contribution is 2.58. The molecule has 1 fully saturated rings. The zero-order valence-electron chi connectivity index (χ0n) is 19.0. The lowest BCUT2D eigenvalue weighted by Crippen LogP contribution is -2.74. The van der Waals surface area contributed by atoms with E-state index in [1.165, 1.54) is 17.0 Å². The van der Waals surface area contributed by atoms with E-state index in [1.807, 2.05) is 18.2 Å². The van der Waals surface area contributed by atoms with Crippen molar-refractivity contribution >= 4 is 28.7 Å². The molecule has 3 aliphatic heterocycles. The topological polar surface area (TPSA) is 99.3 Å². The zero-order chi connectivity index (χ0) is 24.4. The fourth-order valence-corrected chi connectivity index (χ4v) is 6.22. The van der Waals surface area contributed by atoms with Crippen LogP contribution in [0.3, 0.4) is 0 Å². The van der Waals surface area contributed by atoms with Crippen molar-refractivity contribution in [3.05, 3.63) is 63.3 Å². The van der Waals surface area contributed by atoms with Gasteiger partial charge in [-0.3, -0.25) is 0 Å². The molecule has 1 saturated heterocycles. The molecule has 2 atom stereocenters. The number of nitrogens with zero attached hydrogens (tertiary/aromatic N) is 2. The Morgan fingerprint density at radius 1 is 1.03 bits per heavy atom. The van der Waals surface area contributed by atoms with Crippen LogP contribution in [0, 0.1) is 22.7 Å².